The Morgan fingerprint density at radius 1 is 1.16 bits per heavy atom. The van der Waals surface area contributed by atoms with Gasteiger partial charge in [0, 0.05) is 0 Å². The van der Waals surface area contributed by atoms with Crippen molar-refractivity contribution in [3.63, 3.8) is 0 Å². The van der Waals surface area contributed by atoms with Crippen LogP contribution in [0.4, 0.5) is 0 Å². The van der Waals surface area contributed by atoms with Gasteiger partial charge in [-0.25, -0.2) is 4.79 Å². The number of carbonyl (C=O) groups is 1. The van der Waals surface area contributed by atoms with Crippen molar-refractivity contribution in [3.05, 3.63) is 29.3 Å². The lowest BCUT2D eigenvalue weighted by Crippen LogP contribution is -2.41. The Balaban J connectivity index is 2.42. The molecule has 1 N–H and O–H groups in total. The highest BCUT2D eigenvalue weighted by Gasteiger charge is 2.52. The van der Waals surface area contributed by atoms with E-state index in [1.807, 2.05) is 40.7 Å². The number of hydrogen-bond acceptors (Lipinski definition) is 3. The number of benzene rings is 1. The Labute approximate surface area is 113 Å². The lowest BCUT2D eigenvalue weighted by Gasteiger charge is -2.32. The van der Waals surface area contributed by atoms with Crippen molar-refractivity contribution in [1.29, 1.82) is 0 Å². The van der Waals surface area contributed by atoms with E-state index < -0.39 is 24.3 Å². The molecule has 0 amide bonds. The second-order valence-corrected chi connectivity index (χ2v) is 5.98. The average Bonchev–Trinajstić information content (AvgIpc) is 2.47. The number of carboxylic acids is 1. The molecule has 0 saturated carbocycles. The van der Waals surface area contributed by atoms with Gasteiger partial charge < -0.3 is 14.4 Å². The fourth-order valence-corrected chi connectivity index (χ4v) is 2.03. The molecule has 1 aromatic carbocycles. The highest BCUT2D eigenvalue weighted by atomic mass is 16.7. The second kappa shape index (κ2) is 4.35. The largest absolute Gasteiger partial charge is 0.495 e. The van der Waals surface area contributed by atoms with Crippen molar-refractivity contribution in [2.45, 2.75) is 45.8 Å². The SMILES string of the molecule is Cc1ccc(B2OC(C)(C)C(C)(C)O2)c(C(=O)O)c1. The summed E-state index contributed by atoms with van der Waals surface area (Å²) in [4.78, 5) is 11.3. The summed E-state index contributed by atoms with van der Waals surface area (Å²) in [5.74, 6) is -0.964. The predicted octanol–water partition coefficient (Wildman–Crippen LogP) is 1.99. The summed E-state index contributed by atoms with van der Waals surface area (Å²) in [5, 5.41) is 9.30. The molecule has 19 heavy (non-hydrogen) atoms. The Hall–Kier alpha value is -1.33. The summed E-state index contributed by atoms with van der Waals surface area (Å²) in [5.41, 5.74) is 0.754. The van der Waals surface area contributed by atoms with Gasteiger partial charge in [0.15, 0.2) is 0 Å². The first kappa shape index (κ1) is 14.1. The summed E-state index contributed by atoms with van der Waals surface area (Å²) in [6, 6.07) is 5.27. The van der Waals surface area contributed by atoms with Crippen LogP contribution in [0.25, 0.3) is 0 Å². The molecule has 1 aliphatic rings. The molecule has 0 bridgehead atoms. The zero-order chi connectivity index (χ0) is 14.4. The van der Waals surface area contributed by atoms with Gasteiger partial charge in [0.25, 0.3) is 0 Å². The smallest absolute Gasteiger partial charge is 0.478 e. The first-order valence-electron chi connectivity index (χ1n) is 6.33. The van der Waals surface area contributed by atoms with Gasteiger partial charge >= 0.3 is 13.1 Å². The lowest BCUT2D eigenvalue weighted by molar-refractivity contribution is 0.00578. The zero-order valence-electron chi connectivity index (χ0n) is 12.0. The molecule has 1 fully saturated rings. The molecule has 0 aliphatic carbocycles. The van der Waals surface area contributed by atoms with E-state index in [0.29, 0.717) is 5.46 Å². The molecule has 1 heterocycles. The first-order chi connectivity index (χ1) is 8.64. The van der Waals surface area contributed by atoms with Crippen LogP contribution in [0.5, 0.6) is 0 Å². The summed E-state index contributed by atoms with van der Waals surface area (Å²) >= 11 is 0. The molecule has 1 aromatic rings. The average molecular weight is 262 g/mol. The molecule has 5 heteroatoms. The molecule has 0 spiro atoms. The summed E-state index contributed by atoms with van der Waals surface area (Å²) in [6.45, 7) is 9.65. The molecule has 0 unspecified atom stereocenters. The van der Waals surface area contributed by atoms with Crippen LogP contribution in [-0.2, 0) is 9.31 Å². The van der Waals surface area contributed by atoms with Crippen molar-refractivity contribution in [1.82, 2.24) is 0 Å². The van der Waals surface area contributed by atoms with Crippen LogP contribution in [0.3, 0.4) is 0 Å². The van der Waals surface area contributed by atoms with Gasteiger partial charge in [-0.2, -0.15) is 0 Å². The van der Waals surface area contributed by atoms with E-state index in [9.17, 15) is 9.90 Å². The number of aryl methyl sites for hydroxylation is 1. The van der Waals surface area contributed by atoms with E-state index in [4.69, 9.17) is 9.31 Å². The van der Waals surface area contributed by atoms with Gasteiger partial charge in [-0.15, -0.1) is 0 Å². The molecule has 1 aliphatic heterocycles. The fraction of sp³-hybridized carbons (Fsp3) is 0.500. The van der Waals surface area contributed by atoms with Crippen molar-refractivity contribution < 1.29 is 19.2 Å². The lowest BCUT2D eigenvalue weighted by atomic mass is 9.75. The third-order valence-corrected chi connectivity index (χ3v) is 3.95. The van der Waals surface area contributed by atoms with Crippen molar-refractivity contribution in [2.75, 3.05) is 0 Å². The molecule has 0 aromatic heterocycles. The van der Waals surface area contributed by atoms with Gasteiger partial charge in [0.1, 0.15) is 0 Å². The number of hydrogen-bond donors (Lipinski definition) is 1. The first-order valence-corrected chi connectivity index (χ1v) is 6.33. The molecule has 0 radical (unpaired) electrons. The van der Waals surface area contributed by atoms with Crippen LogP contribution in [0.15, 0.2) is 18.2 Å². The van der Waals surface area contributed by atoms with E-state index >= 15 is 0 Å². The highest BCUT2D eigenvalue weighted by Crippen LogP contribution is 2.36. The summed E-state index contributed by atoms with van der Waals surface area (Å²) in [7, 11) is -0.642. The number of aromatic carboxylic acids is 1. The monoisotopic (exact) mass is 262 g/mol. The topological polar surface area (TPSA) is 55.8 Å². The Bertz CT molecular complexity index is 506. The van der Waals surface area contributed by atoms with Crippen LogP contribution in [0, 0.1) is 6.92 Å². The minimum atomic E-state index is -0.964. The molecule has 102 valence electrons. The quantitative estimate of drug-likeness (QED) is 0.828. The van der Waals surface area contributed by atoms with Crippen LogP contribution in [0.2, 0.25) is 0 Å². The zero-order valence-corrected chi connectivity index (χ0v) is 12.0. The van der Waals surface area contributed by atoms with Crippen molar-refractivity contribution in [3.8, 4) is 0 Å². The fourth-order valence-electron chi connectivity index (χ4n) is 2.03. The van der Waals surface area contributed by atoms with Gasteiger partial charge in [-0.1, -0.05) is 17.7 Å². The third kappa shape index (κ3) is 2.40. The van der Waals surface area contributed by atoms with E-state index in [1.165, 1.54) is 0 Å². The Morgan fingerprint density at radius 2 is 1.68 bits per heavy atom. The Kier molecular flexibility index (Phi) is 3.23. The second-order valence-electron chi connectivity index (χ2n) is 5.98. The van der Waals surface area contributed by atoms with Crippen LogP contribution >= 0.6 is 0 Å². The van der Waals surface area contributed by atoms with Crippen molar-refractivity contribution in [2.24, 2.45) is 0 Å². The maximum Gasteiger partial charge on any atom is 0.495 e. The van der Waals surface area contributed by atoms with E-state index in [0.717, 1.165) is 5.56 Å². The van der Waals surface area contributed by atoms with Crippen molar-refractivity contribution >= 4 is 18.6 Å². The van der Waals surface area contributed by atoms with E-state index in [2.05, 4.69) is 0 Å². The van der Waals surface area contributed by atoms with Gasteiger partial charge in [-0.05, 0) is 46.1 Å². The molecular weight excluding hydrogens is 243 g/mol. The highest BCUT2D eigenvalue weighted by molar-refractivity contribution is 6.63. The summed E-state index contributed by atoms with van der Waals surface area (Å²) in [6.07, 6.45) is 0. The third-order valence-electron chi connectivity index (χ3n) is 3.95. The summed E-state index contributed by atoms with van der Waals surface area (Å²) < 4.78 is 11.8. The molecule has 0 atom stereocenters. The number of carboxylic acid groups (broad SMARTS) is 1. The van der Waals surface area contributed by atoms with E-state index in [-0.39, 0.29) is 5.56 Å². The molecule has 2 rings (SSSR count). The van der Waals surface area contributed by atoms with Gasteiger partial charge in [-0.3, -0.25) is 0 Å². The van der Waals surface area contributed by atoms with Gasteiger partial charge in [0.05, 0.1) is 16.8 Å². The van der Waals surface area contributed by atoms with Crippen LogP contribution < -0.4 is 5.46 Å². The normalized spacial score (nSPS) is 20.6. The molecule has 4 nitrogen and oxygen atoms in total. The standard InChI is InChI=1S/C14H19BO4/c1-9-6-7-11(10(8-9)12(16)17)15-18-13(2,3)14(4,5)19-15/h6-8H,1-5H3,(H,16,17). The number of rotatable bonds is 2. The minimum absolute atomic E-state index is 0.235. The maximum absolute atomic E-state index is 11.3. The van der Waals surface area contributed by atoms with Crippen LogP contribution in [-0.4, -0.2) is 29.4 Å². The minimum Gasteiger partial charge on any atom is -0.478 e. The molecular formula is C14H19BO4. The molecule has 1 saturated heterocycles. The maximum atomic E-state index is 11.3. The van der Waals surface area contributed by atoms with Crippen LogP contribution in [0.1, 0.15) is 43.6 Å². The predicted molar refractivity (Wildman–Crippen MR) is 73.9 cm³/mol. The Morgan fingerprint density at radius 3 is 2.16 bits per heavy atom. The van der Waals surface area contributed by atoms with E-state index in [1.54, 1.807) is 12.1 Å². The van der Waals surface area contributed by atoms with Gasteiger partial charge in [0.2, 0.25) is 0 Å².